The third-order valence-electron chi connectivity index (χ3n) is 3.90. The smallest absolute Gasteiger partial charge is 0.387 e. The van der Waals surface area contributed by atoms with Crippen LogP contribution in [0.15, 0.2) is 41.3 Å². The van der Waals surface area contributed by atoms with Crippen LogP contribution >= 0.6 is 0 Å². The molecule has 2 aromatic rings. The highest BCUT2D eigenvalue weighted by Crippen LogP contribution is 2.32. The number of halogens is 2. The molecule has 0 fully saturated rings. The van der Waals surface area contributed by atoms with Crippen LogP contribution in [-0.2, 0) is 16.6 Å². The van der Waals surface area contributed by atoms with Crippen LogP contribution in [0.4, 0.5) is 14.5 Å². The summed E-state index contributed by atoms with van der Waals surface area (Å²) >= 11 is 0. The number of nitro benzene ring substituents is 1. The highest BCUT2D eigenvalue weighted by molar-refractivity contribution is 7.89. The lowest BCUT2D eigenvalue weighted by molar-refractivity contribution is -0.387. The van der Waals surface area contributed by atoms with Gasteiger partial charge in [0.15, 0.2) is 16.4 Å². The highest BCUT2D eigenvalue weighted by atomic mass is 32.2. The SMILES string of the molecule is COc1ccc(S(=O)(=O)N(C)Cc2ccc(OC)c(OC(F)F)c2)c([N+](=O)[O-])c1. The minimum absolute atomic E-state index is 0.0466. The van der Waals surface area contributed by atoms with Crippen LogP contribution in [-0.4, -0.2) is 45.5 Å². The zero-order chi connectivity index (χ0) is 21.8. The van der Waals surface area contributed by atoms with Crippen molar-refractivity contribution in [3.05, 3.63) is 52.1 Å². The number of hydrogen-bond donors (Lipinski definition) is 0. The Balaban J connectivity index is 2.37. The van der Waals surface area contributed by atoms with Crippen molar-refractivity contribution in [3.8, 4) is 17.2 Å². The molecule has 0 unspecified atom stereocenters. The molecule has 29 heavy (non-hydrogen) atoms. The average molecular weight is 432 g/mol. The number of alkyl halides is 2. The summed E-state index contributed by atoms with van der Waals surface area (Å²) in [4.78, 5) is 9.95. The van der Waals surface area contributed by atoms with E-state index in [1.165, 1.54) is 45.5 Å². The van der Waals surface area contributed by atoms with Gasteiger partial charge in [0.25, 0.3) is 5.69 Å². The molecule has 0 saturated heterocycles. The van der Waals surface area contributed by atoms with E-state index in [-0.39, 0.29) is 23.8 Å². The molecule has 0 radical (unpaired) electrons. The number of rotatable bonds is 9. The van der Waals surface area contributed by atoms with Crippen LogP contribution in [0.25, 0.3) is 0 Å². The number of benzene rings is 2. The van der Waals surface area contributed by atoms with Gasteiger partial charge in [-0.2, -0.15) is 13.1 Å². The Kier molecular flexibility index (Phi) is 6.93. The van der Waals surface area contributed by atoms with E-state index in [4.69, 9.17) is 9.47 Å². The van der Waals surface area contributed by atoms with E-state index in [1.54, 1.807) is 0 Å². The van der Waals surface area contributed by atoms with Crippen molar-refractivity contribution in [2.45, 2.75) is 18.1 Å². The second-order valence-corrected chi connectivity index (χ2v) is 7.73. The van der Waals surface area contributed by atoms with E-state index >= 15 is 0 Å². The molecule has 0 N–H and O–H groups in total. The van der Waals surface area contributed by atoms with E-state index < -0.39 is 32.1 Å². The average Bonchev–Trinajstić information content (AvgIpc) is 2.67. The summed E-state index contributed by atoms with van der Waals surface area (Å²) in [5, 5.41) is 11.3. The minimum atomic E-state index is -4.27. The maximum atomic E-state index is 12.9. The van der Waals surface area contributed by atoms with E-state index in [0.29, 0.717) is 5.56 Å². The first-order valence-corrected chi connectivity index (χ1v) is 9.44. The Morgan fingerprint density at radius 2 is 1.79 bits per heavy atom. The number of nitrogens with zero attached hydrogens (tertiary/aromatic N) is 2. The van der Waals surface area contributed by atoms with Crippen molar-refractivity contribution in [1.29, 1.82) is 0 Å². The van der Waals surface area contributed by atoms with Gasteiger partial charge in [-0.1, -0.05) is 6.07 Å². The highest BCUT2D eigenvalue weighted by Gasteiger charge is 2.30. The number of nitro groups is 1. The number of ether oxygens (including phenoxy) is 3. The van der Waals surface area contributed by atoms with Crippen LogP contribution in [0, 0.1) is 10.1 Å². The molecule has 0 aromatic heterocycles. The van der Waals surface area contributed by atoms with Crippen LogP contribution in [0.1, 0.15) is 5.56 Å². The predicted octanol–water partition coefficient (Wildman–Crippen LogP) is 3.03. The van der Waals surface area contributed by atoms with Crippen molar-refractivity contribution >= 4 is 15.7 Å². The molecule has 2 rings (SSSR count). The fourth-order valence-corrected chi connectivity index (χ4v) is 3.80. The summed E-state index contributed by atoms with van der Waals surface area (Å²) < 4.78 is 65.9. The molecule has 0 aliphatic rings. The quantitative estimate of drug-likeness (QED) is 0.443. The monoisotopic (exact) mass is 432 g/mol. The van der Waals surface area contributed by atoms with Crippen LogP contribution in [0.3, 0.4) is 0 Å². The first-order chi connectivity index (χ1) is 13.6. The predicted molar refractivity (Wildman–Crippen MR) is 97.9 cm³/mol. The number of methoxy groups -OCH3 is 2. The lowest BCUT2D eigenvalue weighted by atomic mass is 10.2. The molecule has 0 atom stereocenters. The van der Waals surface area contributed by atoms with Gasteiger partial charge in [-0.05, 0) is 29.8 Å². The fraction of sp³-hybridized carbons (Fsp3) is 0.294. The standard InChI is InChI=1S/C17H18F2N2O7S/c1-20(10-11-4-6-14(27-3)15(8-11)28-17(18)19)29(24,25)16-7-5-12(26-2)9-13(16)21(22)23/h4-9,17H,10H2,1-3H3. The third-order valence-corrected chi connectivity index (χ3v) is 5.75. The Morgan fingerprint density at radius 1 is 1.10 bits per heavy atom. The maximum absolute atomic E-state index is 12.9. The van der Waals surface area contributed by atoms with Crippen LogP contribution in [0.2, 0.25) is 0 Å². The first-order valence-electron chi connectivity index (χ1n) is 8.00. The zero-order valence-corrected chi connectivity index (χ0v) is 16.5. The molecular formula is C17H18F2N2O7S. The number of sulfonamides is 1. The summed E-state index contributed by atoms with van der Waals surface area (Å²) in [6, 6.07) is 7.38. The lowest BCUT2D eigenvalue weighted by Gasteiger charge is -2.18. The van der Waals surface area contributed by atoms with Gasteiger partial charge < -0.3 is 14.2 Å². The van der Waals surface area contributed by atoms with Crippen molar-refractivity contribution in [2.75, 3.05) is 21.3 Å². The summed E-state index contributed by atoms with van der Waals surface area (Å²) in [5.41, 5.74) is -0.337. The van der Waals surface area contributed by atoms with Crippen molar-refractivity contribution in [3.63, 3.8) is 0 Å². The molecular weight excluding hydrogens is 414 g/mol. The van der Waals surface area contributed by atoms with Gasteiger partial charge >= 0.3 is 6.61 Å². The lowest BCUT2D eigenvalue weighted by Crippen LogP contribution is -2.27. The first kappa shape index (κ1) is 22.3. The van der Waals surface area contributed by atoms with Crippen molar-refractivity contribution in [1.82, 2.24) is 4.31 Å². The Hall–Kier alpha value is -2.99. The molecule has 12 heteroatoms. The second-order valence-electron chi connectivity index (χ2n) is 5.72. The molecule has 0 saturated carbocycles. The van der Waals surface area contributed by atoms with E-state index in [2.05, 4.69) is 4.74 Å². The molecule has 0 aliphatic heterocycles. The topological polar surface area (TPSA) is 108 Å². The maximum Gasteiger partial charge on any atom is 0.387 e. The van der Waals surface area contributed by atoms with E-state index in [1.807, 2.05) is 0 Å². The van der Waals surface area contributed by atoms with Gasteiger partial charge in [0.1, 0.15) is 5.75 Å². The molecule has 158 valence electrons. The summed E-state index contributed by atoms with van der Waals surface area (Å²) in [5.74, 6) is -0.0891. The normalized spacial score (nSPS) is 11.6. The molecule has 2 aromatic carbocycles. The van der Waals surface area contributed by atoms with Gasteiger partial charge in [-0.15, -0.1) is 0 Å². The van der Waals surface area contributed by atoms with E-state index in [0.717, 1.165) is 16.4 Å². The molecule has 0 spiro atoms. The molecule has 9 nitrogen and oxygen atoms in total. The van der Waals surface area contributed by atoms with Crippen molar-refractivity contribution < 1.29 is 36.3 Å². The van der Waals surface area contributed by atoms with E-state index in [9.17, 15) is 27.3 Å². The molecule has 0 aliphatic carbocycles. The van der Waals surface area contributed by atoms with Gasteiger partial charge in [0.2, 0.25) is 10.0 Å². The Labute approximate surface area is 165 Å². The zero-order valence-electron chi connectivity index (χ0n) is 15.7. The summed E-state index contributed by atoms with van der Waals surface area (Å²) in [6.07, 6.45) is 0. The van der Waals surface area contributed by atoms with Crippen LogP contribution < -0.4 is 14.2 Å². The third kappa shape index (κ3) is 5.09. The van der Waals surface area contributed by atoms with Crippen molar-refractivity contribution in [2.24, 2.45) is 0 Å². The van der Waals surface area contributed by atoms with Gasteiger partial charge in [0, 0.05) is 13.6 Å². The van der Waals surface area contributed by atoms with Gasteiger partial charge in [0.05, 0.1) is 25.2 Å². The van der Waals surface area contributed by atoms with Gasteiger partial charge in [-0.3, -0.25) is 10.1 Å². The Morgan fingerprint density at radius 3 is 2.34 bits per heavy atom. The molecule has 0 heterocycles. The van der Waals surface area contributed by atoms with Gasteiger partial charge in [-0.25, -0.2) is 8.42 Å². The summed E-state index contributed by atoms with van der Waals surface area (Å²) in [6.45, 7) is -3.35. The second kappa shape index (κ2) is 9.01. The summed E-state index contributed by atoms with van der Waals surface area (Å²) in [7, 11) is -0.500. The molecule has 0 amide bonds. The minimum Gasteiger partial charge on any atom is -0.497 e. The number of hydrogen-bond acceptors (Lipinski definition) is 7. The largest absolute Gasteiger partial charge is 0.497 e. The fourth-order valence-electron chi connectivity index (χ4n) is 2.50. The molecule has 0 bridgehead atoms. The van der Waals surface area contributed by atoms with Crippen LogP contribution in [0.5, 0.6) is 17.2 Å². The Bertz CT molecular complexity index is 999.